The second-order valence-electron chi connectivity index (χ2n) is 4.54. The Bertz CT molecular complexity index is 768. The number of fused-ring (bicyclic) bond motifs is 1. The van der Waals surface area contributed by atoms with Gasteiger partial charge in [-0.3, -0.25) is 4.98 Å². The minimum atomic E-state index is -0.582. The number of nitrogens with zero attached hydrogens (tertiary/aromatic N) is 1. The zero-order chi connectivity index (χ0) is 14.1. The van der Waals surface area contributed by atoms with Gasteiger partial charge in [-0.05, 0) is 23.8 Å². The molecule has 3 aromatic rings. The lowest BCUT2D eigenvalue weighted by molar-refractivity contribution is 0.600. The lowest BCUT2D eigenvalue weighted by Gasteiger charge is -2.16. The highest BCUT2D eigenvalue weighted by Crippen LogP contribution is 2.30. The van der Waals surface area contributed by atoms with E-state index in [1.165, 1.54) is 6.07 Å². The molecular weight excluding hydrogens is 275 g/mol. The number of aromatic nitrogens is 1. The molecule has 20 heavy (non-hydrogen) atoms. The molecule has 0 fully saturated rings. The van der Waals surface area contributed by atoms with E-state index in [-0.39, 0.29) is 5.02 Å². The molecule has 1 aromatic heterocycles. The molecule has 2 N–H and O–H groups in total. The molecule has 0 radical (unpaired) electrons. The van der Waals surface area contributed by atoms with E-state index in [1.807, 2.05) is 30.3 Å². The summed E-state index contributed by atoms with van der Waals surface area (Å²) in [6, 6.07) is 13.7. The van der Waals surface area contributed by atoms with Gasteiger partial charge in [0.2, 0.25) is 0 Å². The van der Waals surface area contributed by atoms with Crippen molar-refractivity contribution < 1.29 is 4.39 Å². The van der Waals surface area contributed by atoms with Crippen molar-refractivity contribution in [1.82, 2.24) is 4.98 Å². The molecule has 2 aromatic carbocycles. The molecule has 3 rings (SSSR count). The van der Waals surface area contributed by atoms with Gasteiger partial charge in [-0.15, -0.1) is 0 Å². The Morgan fingerprint density at radius 1 is 1.00 bits per heavy atom. The van der Waals surface area contributed by atoms with Crippen LogP contribution in [0.5, 0.6) is 0 Å². The fourth-order valence-corrected chi connectivity index (χ4v) is 2.51. The van der Waals surface area contributed by atoms with E-state index < -0.39 is 11.9 Å². The average Bonchev–Trinajstić information content (AvgIpc) is 2.49. The largest absolute Gasteiger partial charge is 0.320 e. The molecule has 0 spiro atoms. The smallest absolute Gasteiger partial charge is 0.146 e. The summed E-state index contributed by atoms with van der Waals surface area (Å²) in [6.07, 6.45) is 1.72. The molecule has 1 unspecified atom stereocenters. The summed E-state index contributed by atoms with van der Waals surface area (Å²) in [7, 11) is 0. The summed E-state index contributed by atoms with van der Waals surface area (Å²) in [5, 5.41) is 0.998. The van der Waals surface area contributed by atoms with Crippen LogP contribution in [0.1, 0.15) is 17.2 Å². The third-order valence-corrected chi connectivity index (χ3v) is 3.62. The van der Waals surface area contributed by atoms with Crippen LogP contribution in [0.4, 0.5) is 4.39 Å². The molecule has 2 nitrogen and oxygen atoms in total. The van der Waals surface area contributed by atoms with E-state index in [0.717, 1.165) is 16.5 Å². The summed E-state index contributed by atoms with van der Waals surface area (Å²) < 4.78 is 14.1. The first-order valence-electron chi connectivity index (χ1n) is 6.21. The second-order valence-corrected chi connectivity index (χ2v) is 4.95. The molecular formula is C16H12ClFN2. The number of halogens is 2. The van der Waals surface area contributed by atoms with Crippen molar-refractivity contribution in [2.24, 2.45) is 5.73 Å². The second kappa shape index (κ2) is 5.19. The number of pyridine rings is 1. The first-order chi connectivity index (χ1) is 9.68. The Hall–Kier alpha value is -1.97. The zero-order valence-electron chi connectivity index (χ0n) is 10.6. The molecule has 0 saturated carbocycles. The summed E-state index contributed by atoms with van der Waals surface area (Å²) in [4.78, 5) is 4.28. The SMILES string of the molecule is NC(c1cccc(Cl)c1F)c1cccc2ncccc12. The third kappa shape index (κ3) is 2.15. The first kappa shape index (κ1) is 13.0. The Morgan fingerprint density at radius 2 is 1.75 bits per heavy atom. The predicted octanol–water partition coefficient (Wildman–Crippen LogP) is 4.08. The highest BCUT2D eigenvalue weighted by Gasteiger charge is 2.17. The molecule has 100 valence electrons. The Morgan fingerprint density at radius 3 is 2.60 bits per heavy atom. The standard InChI is InChI=1S/C16H12ClFN2/c17-13-7-1-5-12(15(13)18)16(19)11-4-2-8-14-10(11)6-3-9-20-14/h1-9,16H,19H2. The Balaban J connectivity index is 2.18. The van der Waals surface area contributed by atoms with Crippen LogP contribution in [-0.2, 0) is 0 Å². The molecule has 0 amide bonds. The summed E-state index contributed by atoms with van der Waals surface area (Å²) in [5.41, 5.74) is 8.28. The number of benzene rings is 2. The molecule has 4 heteroatoms. The number of hydrogen-bond acceptors (Lipinski definition) is 2. The van der Waals surface area contributed by atoms with Gasteiger partial charge < -0.3 is 5.73 Å². The van der Waals surface area contributed by atoms with Gasteiger partial charge in [0.1, 0.15) is 5.82 Å². The van der Waals surface area contributed by atoms with Crippen LogP contribution < -0.4 is 5.73 Å². The summed E-state index contributed by atoms with van der Waals surface area (Å²) in [5.74, 6) is -0.470. The maximum atomic E-state index is 14.1. The van der Waals surface area contributed by atoms with E-state index in [4.69, 9.17) is 17.3 Å². The average molecular weight is 287 g/mol. The minimum Gasteiger partial charge on any atom is -0.320 e. The molecule has 0 saturated heterocycles. The van der Waals surface area contributed by atoms with Crippen molar-refractivity contribution in [1.29, 1.82) is 0 Å². The van der Waals surface area contributed by atoms with Gasteiger partial charge >= 0.3 is 0 Å². The van der Waals surface area contributed by atoms with E-state index in [0.29, 0.717) is 5.56 Å². The van der Waals surface area contributed by atoms with Crippen LogP contribution in [0.15, 0.2) is 54.7 Å². The first-order valence-corrected chi connectivity index (χ1v) is 6.59. The van der Waals surface area contributed by atoms with Gasteiger partial charge in [0.15, 0.2) is 0 Å². The maximum absolute atomic E-state index is 14.1. The van der Waals surface area contributed by atoms with Gasteiger partial charge in [0.05, 0.1) is 16.6 Å². The van der Waals surface area contributed by atoms with Crippen LogP contribution >= 0.6 is 11.6 Å². The van der Waals surface area contributed by atoms with Crippen LogP contribution in [0.3, 0.4) is 0 Å². The van der Waals surface area contributed by atoms with Crippen LogP contribution in [-0.4, -0.2) is 4.98 Å². The van der Waals surface area contributed by atoms with Gasteiger partial charge in [0, 0.05) is 17.1 Å². The molecule has 1 atom stereocenters. The third-order valence-electron chi connectivity index (χ3n) is 3.33. The Kier molecular flexibility index (Phi) is 3.38. The van der Waals surface area contributed by atoms with E-state index in [1.54, 1.807) is 18.3 Å². The zero-order valence-corrected chi connectivity index (χ0v) is 11.3. The maximum Gasteiger partial charge on any atom is 0.146 e. The molecule has 0 aliphatic heterocycles. The highest BCUT2D eigenvalue weighted by atomic mass is 35.5. The molecule has 0 bridgehead atoms. The fraction of sp³-hybridized carbons (Fsp3) is 0.0625. The van der Waals surface area contributed by atoms with Crippen LogP contribution in [0, 0.1) is 5.82 Å². The predicted molar refractivity (Wildman–Crippen MR) is 79.2 cm³/mol. The monoisotopic (exact) mass is 286 g/mol. The van der Waals surface area contributed by atoms with Crippen molar-refractivity contribution in [3.05, 3.63) is 76.7 Å². The lowest BCUT2D eigenvalue weighted by atomic mass is 9.95. The van der Waals surface area contributed by atoms with Crippen molar-refractivity contribution in [2.45, 2.75) is 6.04 Å². The molecule has 0 aliphatic carbocycles. The summed E-state index contributed by atoms with van der Waals surface area (Å²) in [6.45, 7) is 0. The molecule has 1 heterocycles. The van der Waals surface area contributed by atoms with E-state index >= 15 is 0 Å². The quantitative estimate of drug-likeness (QED) is 0.771. The van der Waals surface area contributed by atoms with Crippen molar-refractivity contribution in [2.75, 3.05) is 0 Å². The highest BCUT2D eigenvalue weighted by molar-refractivity contribution is 6.30. The van der Waals surface area contributed by atoms with Crippen molar-refractivity contribution in [3.8, 4) is 0 Å². The van der Waals surface area contributed by atoms with Crippen molar-refractivity contribution >= 4 is 22.5 Å². The van der Waals surface area contributed by atoms with Gasteiger partial charge in [-0.1, -0.05) is 41.9 Å². The summed E-state index contributed by atoms with van der Waals surface area (Å²) >= 11 is 5.82. The van der Waals surface area contributed by atoms with Crippen molar-refractivity contribution in [3.63, 3.8) is 0 Å². The van der Waals surface area contributed by atoms with E-state index in [9.17, 15) is 4.39 Å². The topological polar surface area (TPSA) is 38.9 Å². The number of hydrogen-bond donors (Lipinski definition) is 1. The van der Waals surface area contributed by atoms with Gasteiger partial charge in [-0.2, -0.15) is 0 Å². The Labute approximate surface area is 121 Å². The number of nitrogens with two attached hydrogens (primary N) is 1. The van der Waals surface area contributed by atoms with E-state index in [2.05, 4.69) is 4.98 Å². The fourth-order valence-electron chi connectivity index (χ4n) is 2.33. The van der Waals surface area contributed by atoms with Gasteiger partial charge in [0.25, 0.3) is 0 Å². The van der Waals surface area contributed by atoms with Crippen LogP contribution in [0.25, 0.3) is 10.9 Å². The number of rotatable bonds is 2. The van der Waals surface area contributed by atoms with Crippen LogP contribution in [0.2, 0.25) is 5.02 Å². The van der Waals surface area contributed by atoms with Gasteiger partial charge in [-0.25, -0.2) is 4.39 Å². The minimum absolute atomic E-state index is 0.0799. The lowest BCUT2D eigenvalue weighted by Crippen LogP contribution is -2.14. The normalized spacial score (nSPS) is 12.6. The molecule has 0 aliphatic rings.